The van der Waals surface area contributed by atoms with E-state index in [2.05, 4.69) is 15.5 Å². The molecule has 72 valence electrons. The molecule has 1 heterocycles. The van der Waals surface area contributed by atoms with Crippen LogP contribution in [0, 0.1) is 0 Å². The highest BCUT2D eigenvalue weighted by Crippen LogP contribution is 2.18. The average molecular weight is 183 g/mol. The van der Waals surface area contributed by atoms with Crippen molar-refractivity contribution in [2.45, 2.75) is 32.0 Å². The van der Waals surface area contributed by atoms with E-state index in [1.165, 1.54) is 12.8 Å². The summed E-state index contributed by atoms with van der Waals surface area (Å²) in [4.78, 5) is 4.13. The summed E-state index contributed by atoms with van der Waals surface area (Å²) in [5, 5.41) is 7.11. The molecule has 0 bridgehead atoms. The molecule has 0 amide bonds. The Morgan fingerprint density at radius 3 is 3.15 bits per heavy atom. The quantitative estimate of drug-likeness (QED) is 0.719. The van der Waals surface area contributed by atoms with Crippen molar-refractivity contribution in [3.8, 4) is 0 Å². The van der Waals surface area contributed by atoms with Crippen molar-refractivity contribution in [1.29, 1.82) is 0 Å². The van der Waals surface area contributed by atoms with E-state index in [1.54, 1.807) is 7.11 Å². The Balaban J connectivity index is 1.81. The minimum absolute atomic E-state index is 0.385. The van der Waals surface area contributed by atoms with Gasteiger partial charge in [-0.05, 0) is 12.8 Å². The van der Waals surface area contributed by atoms with Crippen molar-refractivity contribution in [2.75, 3.05) is 7.11 Å². The molecule has 13 heavy (non-hydrogen) atoms. The minimum Gasteiger partial charge on any atom is -0.375 e. The largest absolute Gasteiger partial charge is 0.375 e. The third kappa shape index (κ3) is 2.50. The van der Waals surface area contributed by atoms with Gasteiger partial charge in [0.25, 0.3) is 5.89 Å². The van der Waals surface area contributed by atoms with Crippen LogP contribution in [0.25, 0.3) is 0 Å². The van der Waals surface area contributed by atoms with Crippen molar-refractivity contribution in [3.63, 3.8) is 0 Å². The maximum absolute atomic E-state index is 4.93. The summed E-state index contributed by atoms with van der Waals surface area (Å²) in [6.45, 7) is 1.08. The topological polar surface area (TPSA) is 60.2 Å². The van der Waals surface area contributed by atoms with Crippen LogP contribution >= 0.6 is 0 Å². The minimum atomic E-state index is 0.385. The Kier molecular flexibility index (Phi) is 2.56. The Morgan fingerprint density at radius 1 is 1.62 bits per heavy atom. The van der Waals surface area contributed by atoms with Gasteiger partial charge in [0, 0.05) is 13.2 Å². The number of rotatable bonds is 5. The first kappa shape index (κ1) is 8.65. The lowest BCUT2D eigenvalue weighted by molar-refractivity contribution is 0.151. The Hall–Kier alpha value is -0.940. The van der Waals surface area contributed by atoms with Crippen LogP contribution in [0.1, 0.15) is 24.6 Å². The van der Waals surface area contributed by atoms with Crippen molar-refractivity contribution in [3.05, 3.63) is 11.7 Å². The van der Waals surface area contributed by atoms with Crippen LogP contribution < -0.4 is 5.32 Å². The molecule has 0 atom stereocenters. The molecule has 0 spiro atoms. The molecule has 0 saturated heterocycles. The maximum Gasteiger partial charge on any atom is 0.252 e. The van der Waals surface area contributed by atoms with Crippen molar-refractivity contribution < 1.29 is 9.26 Å². The third-order valence-corrected chi connectivity index (χ3v) is 1.90. The molecule has 5 nitrogen and oxygen atoms in total. The van der Waals surface area contributed by atoms with E-state index in [0.29, 0.717) is 30.9 Å². The molecule has 1 N–H and O–H groups in total. The van der Waals surface area contributed by atoms with E-state index in [-0.39, 0.29) is 0 Å². The summed E-state index contributed by atoms with van der Waals surface area (Å²) < 4.78 is 9.79. The predicted octanol–water partition coefficient (Wildman–Crippen LogP) is 0.468. The summed E-state index contributed by atoms with van der Waals surface area (Å²) in [5.74, 6) is 1.24. The lowest BCUT2D eigenvalue weighted by Crippen LogP contribution is -2.16. The van der Waals surface area contributed by atoms with E-state index >= 15 is 0 Å². The van der Waals surface area contributed by atoms with Gasteiger partial charge in [0.15, 0.2) is 5.82 Å². The molecular formula is C8H13N3O2. The number of methoxy groups -OCH3 is 1. The van der Waals surface area contributed by atoms with Gasteiger partial charge in [-0.1, -0.05) is 5.16 Å². The Labute approximate surface area is 76.5 Å². The summed E-state index contributed by atoms with van der Waals surface area (Å²) in [5.41, 5.74) is 0. The van der Waals surface area contributed by atoms with Crippen LogP contribution in [0.5, 0.6) is 0 Å². The van der Waals surface area contributed by atoms with Crippen LogP contribution in [-0.4, -0.2) is 23.3 Å². The molecule has 2 rings (SSSR count). The first-order valence-electron chi connectivity index (χ1n) is 4.42. The molecule has 5 heteroatoms. The number of hydrogen-bond donors (Lipinski definition) is 1. The molecule has 0 unspecified atom stereocenters. The molecule has 0 aromatic carbocycles. The van der Waals surface area contributed by atoms with Gasteiger partial charge < -0.3 is 14.6 Å². The first-order chi connectivity index (χ1) is 6.38. The Morgan fingerprint density at radius 2 is 2.46 bits per heavy atom. The first-order valence-corrected chi connectivity index (χ1v) is 4.42. The number of nitrogens with zero attached hydrogens (tertiary/aromatic N) is 2. The average Bonchev–Trinajstić information content (AvgIpc) is 2.85. The van der Waals surface area contributed by atoms with E-state index < -0.39 is 0 Å². The second-order valence-electron chi connectivity index (χ2n) is 3.19. The van der Waals surface area contributed by atoms with Crippen LogP contribution in [0.15, 0.2) is 4.52 Å². The number of hydrogen-bond acceptors (Lipinski definition) is 5. The molecule has 0 aliphatic heterocycles. The maximum atomic E-state index is 4.93. The molecule has 1 aromatic heterocycles. The summed E-state index contributed by atoms with van der Waals surface area (Å²) >= 11 is 0. The zero-order valence-corrected chi connectivity index (χ0v) is 7.62. The lowest BCUT2D eigenvalue weighted by atomic mass is 10.5. The van der Waals surface area contributed by atoms with E-state index in [0.717, 1.165) is 0 Å². The highest BCUT2D eigenvalue weighted by Gasteiger charge is 2.20. The zero-order valence-electron chi connectivity index (χ0n) is 7.62. The highest BCUT2D eigenvalue weighted by atomic mass is 16.5. The smallest absolute Gasteiger partial charge is 0.252 e. The van der Waals surface area contributed by atoms with Crippen LogP contribution in [-0.2, 0) is 17.9 Å². The van der Waals surface area contributed by atoms with Gasteiger partial charge in [-0.3, -0.25) is 0 Å². The molecular weight excluding hydrogens is 170 g/mol. The van der Waals surface area contributed by atoms with Gasteiger partial charge in [0.1, 0.15) is 6.61 Å². The van der Waals surface area contributed by atoms with E-state index in [1.807, 2.05) is 0 Å². The fourth-order valence-electron chi connectivity index (χ4n) is 1.07. The van der Waals surface area contributed by atoms with Gasteiger partial charge >= 0.3 is 0 Å². The van der Waals surface area contributed by atoms with Crippen LogP contribution in [0.3, 0.4) is 0 Å². The fourth-order valence-corrected chi connectivity index (χ4v) is 1.07. The molecule has 1 fully saturated rings. The van der Waals surface area contributed by atoms with E-state index in [9.17, 15) is 0 Å². The molecule has 1 aromatic rings. The summed E-state index contributed by atoms with van der Waals surface area (Å²) in [6.07, 6.45) is 2.53. The number of aromatic nitrogens is 2. The third-order valence-electron chi connectivity index (χ3n) is 1.90. The Bertz CT molecular complexity index is 270. The van der Waals surface area contributed by atoms with Gasteiger partial charge in [-0.15, -0.1) is 0 Å². The van der Waals surface area contributed by atoms with Crippen LogP contribution in [0.4, 0.5) is 0 Å². The summed E-state index contributed by atoms with van der Waals surface area (Å²) in [7, 11) is 1.60. The van der Waals surface area contributed by atoms with Crippen molar-refractivity contribution in [2.24, 2.45) is 0 Å². The van der Waals surface area contributed by atoms with Crippen LogP contribution in [0.2, 0.25) is 0 Å². The standard InChI is InChI=1S/C8H13N3O2/c1-12-5-8-10-7(11-13-8)4-9-6-2-3-6/h6,9H,2-5H2,1H3. The molecule has 0 radical (unpaired) electrons. The molecule has 1 aliphatic carbocycles. The second-order valence-corrected chi connectivity index (χ2v) is 3.19. The predicted molar refractivity (Wildman–Crippen MR) is 44.9 cm³/mol. The van der Waals surface area contributed by atoms with Crippen molar-refractivity contribution >= 4 is 0 Å². The van der Waals surface area contributed by atoms with Crippen molar-refractivity contribution in [1.82, 2.24) is 15.5 Å². The van der Waals surface area contributed by atoms with Gasteiger partial charge in [0.2, 0.25) is 0 Å². The molecule has 1 saturated carbocycles. The number of nitrogens with one attached hydrogen (secondary N) is 1. The summed E-state index contributed by atoms with van der Waals surface area (Å²) in [6, 6.07) is 0.671. The normalized spacial score (nSPS) is 16.4. The number of ether oxygens (including phenoxy) is 1. The molecule has 1 aliphatic rings. The lowest BCUT2D eigenvalue weighted by Gasteiger charge is -1.94. The van der Waals surface area contributed by atoms with Gasteiger partial charge in [-0.2, -0.15) is 4.98 Å². The highest BCUT2D eigenvalue weighted by molar-refractivity contribution is 4.88. The monoisotopic (exact) mass is 183 g/mol. The van der Waals surface area contributed by atoms with Gasteiger partial charge in [-0.25, -0.2) is 0 Å². The zero-order chi connectivity index (χ0) is 9.10. The van der Waals surface area contributed by atoms with Gasteiger partial charge in [0.05, 0.1) is 6.54 Å². The SMILES string of the molecule is COCc1nc(CNC2CC2)no1. The second kappa shape index (κ2) is 3.85. The van der Waals surface area contributed by atoms with E-state index in [4.69, 9.17) is 9.26 Å². The fraction of sp³-hybridized carbons (Fsp3) is 0.750.